The van der Waals surface area contributed by atoms with E-state index in [4.69, 9.17) is 4.42 Å². The first-order valence-electron chi connectivity index (χ1n) is 7.88. The zero-order valence-corrected chi connectivity index (χ0v) is 13.1. The molecule has 0 bridgehead atoms. The maximum atomic E-state index is 14.3. The van der Waals surface area contributed by atoms with Gasteiger partial charge in [-0.2, -0.15) is 0 Å². The van der Waals surface area contributed by atoms with Gasteiger partial charge in [0.1, 0.15) is 11.1 Å². The number of hydrogen-bond donors (Lipinski definition) is 0. The second-order valence-electron chi connectivity index (χ2n) is 5.91. The van der Waals surface area contributed by atoms with Crippen LogP contribution in [0.15, 0.2) is 51.7 Å². The molecule has 3 aromatic rings. The van der Waals surface area contributed by atoms with Crippen LogP contribution in [0.25, 0.3) is 11.0 Å². The van der Waals surface area contributed by atoms with Crippen LogP contribution in [0.1, 0.15) is 22.3 Å². The van der Waals surface area contributed by atoms with E-state index >= 15 is 0 Å². The van der Waals surface area contributed by atoms with Gasteiger partial charge in [0.15, 0.2) is 11.6 Å². The van der Waals surface area contributed by atoms with Crippen LogP contribution in [0.2, 0.25) is 0 Å². The number of carbonyl (C=O) groups is 1. The summed E-state index contributed by atoms with van der Waals surface area (Å²) in [6.45, 7) is 0.207. The van der Waals surface area contributed by atoms with Gasteiger partial charge in [-0.25, -0.2) is 13.6 Å². The van der Waals surface area contributed by atoms with Crippen molar-refractivity contribution in [1.82, 2.24) is 0 Å². The normalized spacial score (nSPS) is 13.8. The molecule has 0 saturated heterocycles. The summed E-state index contributed by atoms with van der Waals surface area (Å²) in [6, 6.07) is 10.7. The molecule has 1 amide bonds. The third kappa shape index (κ3) is 2.50. The lowest BCUT2D eigenvalue weighted by Crippen LogP contribution is -2.38. The fraction of sp³-hybridized carbons (Fsp3) is 0.158. The number of hydrogen-bond acceptors (Lipinski definition) is 3. The molecule has 0 N–H and O–H groups in total. The summed E-state index contributed by atoms with van der Waals surface area (Å²) in [5.41, 5.74) is -0.185. The van der Waals surface area contributed by atoms with Crippen molar-refractivity contribution in [2.45, 2.75) is 12.8 Å². The van der Waals surface area contributed by atoms with E-state index in [2.05, 4.69) is 0 Å². The summed E-state index contributed by atoms with van der Waals surface area (Å²) >= 11 is 0. The maximum absolute atomic E-state index is 14.3. The largest absolute Gasteiger partial charge is 0.422 e. The molecule has 4 nitrogen and oxygen atoms in total. The predicted molar refractivity (Wildman–Crippen MR) is 88.8 cm³/mol. The van der Waals surface area contributed by atoms with Gasteiger partial charge in [0.05, 0.1) is 5.69 Å². The summed E-state index contributed by atoms with van der Waals surface area (Å²) in [7, 11) is 0. The third-order valence-electron chi connectivity index (χ3n) is 4.37. The predicted octanol–water partition coefficient (Wildman–Crippen LogP) is 3.66. The molecule has 6 heteroatoms. The molecule has 0 radical (unpaired) electrons. The SMILES string of the molecule is O=C(c1cc2ccccc2oc1=O)N1CCCc2ccc(F)c(F)c21. The molecule has 0 aliphatic carbocycles. The van der Waals surface area contributed by atoms with Gasteiger partial charge in [0.25, 0.3) is 5.91 Å². The minimum Gasteiger partial charge on any atom is -0.422 e. The molecule has 126 valence electrons. The Bertz CT molecular complexity index is 1060. The molecule has 0 unspecified atom stereocenters. The Labute approximate surface area is 141 Å². The van der Waals surface area contributed by atoms with Crippen molar-refractivity contribution in [2.75, 3.05) is 11.4 Å². The summed E-state index contributed by atoms with van der Waals surface area (Å²) in [6.07, 6.45) is 1.14. The highest BCUT2D eigenvalue weighted by atomic mass is 19.2. The van der Waals surface area contributed by atoms with E-state index in [1.807, 2.05) is 0 Å². The second-order valence-corrected chi connectivity index (χ2v) is 5.91. The monoisotopic (exact) mass is 341 g/mol. The minimum absolute atomic E-state index is 0.0937. The Hall–Kier alpha value is -3.02. The first-order valence-corrected chi connectivity index (χ1v) is 7.88. The molecular weight excluding hydrogens is 328 g/mol. The topological polar surface area (TPSA) is 50.5 Å². The van der Waals surface area contributed by atoms with Crippen LogP contribution in [-0.4, -0.2) is 12.5 Å². The highest BCUT2D eigenvalue weighted by Gasteiger charge is 2.30. The maximum Gasteiger partial charge on any atom is 0.349 e. The van der Waals surface area contributed by atoms with E-state index in [0.717, 1.165) is 11.0 Å². The fourth-order valence-electron chi connectivity index (χ4n) is 3.17. The summed E-state index contributed by atoms with van der Waals surface area (Å²) in [5.74, 6) is -2.79. The number of halogens is 2. The van der Waals surface area contributed by atoms with Crippen LogP contribution in [0, 0.1) is 11.6 Å². The van der Waals surface area contributed by atoms with Gasteiger partial charge in [0, 0.05) is 11.9 Å². The Morgan fingerprint density at radius 2 is 1.92 bits per heavy atom. The summed E-state index contributed by atoms with van der Waals surface area (Å²) < 4.78 is 33.1. The Morgan fingerprint density at radius 3 is 2.76 bits per heavy atom. The van der Waals surface area contributed by atoms with Gasteiger partial charge in [-0.05, 0) is 36.6 Å². The number of nitrogens with zero attached hydrogens (tertiary/aromatic N) is 1. The van der Waals surface area contributed by atoms with E-state index in [0.29, 0.717) is 29.4 Å². The molecule has 4 rings (SSSR count). The van der Waals surface area contributed by atoms with Gasteiger partial charge in [-0.3, -0.25) is 4.79 Å². The highest BCUT2D eigenvalue weighted by Crippen LogP contribution is 2.32. The average molecular weight is 341 g/mol. The molecule has 0 atom stereocenters. The first-order chi connectivity index (χ1) is 12.1. The number of rotatable bonds is 1. The van der Waals surface area contributed by atoms with Crippen molar-refractivity contribution in [2.24, 2.45) is 0 Å². The van der Waals surface area contributed by atoms with Crippen molar-refractivity contribution in [1.29, 1.82) is 0 Å². The van der Waals surface area contributed by atoms with Gasteiger partial charge in [-0.15, -0.1) is 0 Å². The molecule has 0 spiro atoms. The van der Waals surface area contributed by atoms with Crippen molar-refractivity contribution in [3.8, 4) is 0 Å². The Kier molecular flexibility index (Phi) is 3.60. The number of fused-ring (bicyclic) bond motifs is 2. The minimum atomic E-state index is -1.07. The number of benzene rings is 2. The number of anilines is 1. The molecule has 1 aliphatic rings. The van der Waals surface area contributed by atoms with Gasteiger partial charge >= 0.3 is 5.63 Å². The van der Waals surface area contributed by atoms with Gasteiger partial charge < -0.3 is 9.32 Å². The van der Waals surface area contributed by atoms with E-state index in [9.17, 15) is 18.4 Å². The molecule has 0 fully saturated rings. The van der Waals surface area contributed by atoms with E-state index in [-0.39, 0.29) is 17.8 Å². The number of para-hydroxylation sites is 1. The van der Waals surface area contributed by atoms with Crippen LogP contribution < -0.4 is 10.5 Å². The zero-order valence-electron chi connectivity index (χ0n) is 13.1. The molecule has 2 heterocycles. The number of carbonyl (C=O) groups excluding carboxylic acids is 1. The highest BCUT2D eigenvalue weighted by molar-refractivity contribution is 6.07. The lowest BCUT2D eigenvalue weighted by Gasteiger charge is -2.29. The summed E-state index contributed by atoms with van der Waals surface area (Å²) in [5, 5.41) is 0.586. The zero-order chi connectivity index (χ0) is 17.6. The number of aryl methyl sites for hydroxylation is 1. The van der Waals surface area contributed by atoms with Gasteiger partial charge in [0.2, 0.25) is 0 Å². The lowest BCUT2D eigenvalue weighted by atomic mass is 10.00. The average Bonchev–Trinajstić information content (AvgIpc) is 2.63. The summed E-state index contributed by atoms with van der Waals surface area (Å²) in [4.78, 5) is 26.2. The van der Waals surface area contributed by atoms with Crippen LogP contribution >= 0.6 is 0 Å². The second kappa shape index (κ2) is 5.81. The van der Waals surface area contributed by atoms with Crippen molar-refractivity contribution >= 4 is 22.6 Å². The molecule has 25 heavy (non-hydrogen) atoms. The molecular formula is C19H13F2NO3. The molecule has 0 saturated carbocycles. The van der Waals surface area contributed by atoms with Crippen LogP contribution in [0.3, 0.4) is 0 Å². The Morgan fingerprint density at radius 1 is 1.12 bits per heavy atom. The third-order valence-corrected chi connectivity index (χ3v) is 4.37. The molecule has 1 aliphatic heterocycles. The Balaban J connectivity index is 1.85. The van der Waals surface area contributed by atoms with Crippen LogP contribution in [-0.2, 0) is 6.42 Å². The van der Waals surface area contributed by atoms with E-state index in [1.165, 1.54) is 12.1 Å². The first kappa shape index (κ1) is 15.5. The molecule has 2 aromatic carbocycles. The standard InChI is InChI=1S/C19H13F2NO3/c20-14-8-7-11-5-3-9-22(17(11)16(14)21)18(23)13-10-12-4-1-2-6-15(12)25-19(13)24/h1-2,4,6-8,10H,3,5,9H2. The van der Waals surface area contributed by atoms with Crippen molar-refractivity contribution < 1.29 is 18.0 Å². The van der Waals surface area contributed by atoms with Crippen molar-refractivity contribution in [3.63, 3.8) is 0 Å². The molecule has 1 aromatic heterocycles. The fourth-order valence-corrected chi connectivity index (χ4v) is 3.17. The van der Waals surface area contributed by atoms with Crippen LogP contribution in [0.4, 0.5) is 14.5 Å². The van der Waals surface area contributed by atoms with Crippen LogP contribution in [0.5, 0.6) is 0 Å². The van der Waals surface area contributed by atoms with E-state index < -0.39 is 23.2 Å². The van der Waals surface area contributed by atoms with Crippen molar-refractivity contribution in [3.05, 3.63) is 75.6 Å². The quantitative estimate of drug-likeness (QED) is 0.635. The number of amides is 1. The van der Waals surface area contributed by atoms with E-state index in [1.54, 1.807) is 24.3 Å². The lowest BCUT2D eigenvalue weighted by molar-refractivity contribution is 0.0980. The van der Waals surface area contributed by atoms with Gasteiger partial charge in [-0.1, -0.05) is 24.3 Å². The smallest absolute Gasteiger partial charge is 0.349 e.